The van der Waals surface area contributed by atoms with Crippen molar-refractivity contribution in [1.82, 2.24) is 10.3 Å². The van der Waals surface area contributed by atoms with Gasteiger partial charge in [0.05, 0.1) is 12.8 Å². The summed E-state index contributed by atoms with van der Waals surface area (Å²) in [7, 11) is 3.64. The van der Waals surface area contributed by atoms with Crippen molar-refractivity contribution < 1.29 is 4.74 Å². The van der Waals surface area contributed by atoms with E-state index in [4.69, 9.17) is 4.74 Å². The zero-order valence-electron chi connectivity index (χ0n) is 11.2. The molecule has 0 saturated carbocycles. The maximum atomic E-state index is 5.33. The minimum absolute atomic E-state index is 0.818. The molecule has 0 aliphatic carbocycles. The molecule has 1 aromatic carbocycles. The molecule has 18 heavy (non-hydrogen) atoms. The molecule has 3 nitrogen and oxygen atoms in total. The fourth-order valence-corrected chi connectivity index (χ4v) is 2.76. The Balaban J connectivity index is 2.40. The third-order valence-electron chi connectivity index (χ3n) is 2.90. The number of nitrogens with zero attached hydrogens (tertiary/aromatic N) is 1. The molecule has 0 radical (unpaired) electrons. The number of hydrogen-bond donors (Lipinski definition) is 1. The molecule has 1 heterocycles. The molecule has 0 aliphatic rings. The third kappa shape index (κ3) is 2.54. The molecule has 0 spiro atoms. The fraction of sp³-hybridized carbons (Fsp3) is 0.357. The van der Waals surface area contributed by atoms with Crippen LogP contribution in [0.25, 0.3) is 11.3 Å². The van der Waals surface area contributed by atoms with E-state index in [-0.39, 0.29) is 0 Å². The molecule has 0 atom stereocenters. The minimum atomic E-state index is 0.818. The van der Waals surface area contributed by atoms with Crippen LogP contribution in [0.3, 0.4) is 0 Å². The number of hydrogen-bond acceptors (Lipinski definition) is 4. The predicted molar refractivity (Wildman–Crippen MR) is 76.3 cm³/mol. The van der Waals surface area contributed by atoms with E-state index in [1.807, 2.05) is 7.05 Å². The number of aryl methyl sites for hydroxylation is 2. The Hall–Kier alpha value is -1.39. The molecule has 1 N–H and O–H groups in total. The average Bonchev–Trinajstić information content (AvgIpc) is 2.80. The SMILES string of the molecule is CNCc1nc(-c2cc(C)c(OC)cc2C)cs1. The second kappa shape index (κ2) is 5.50. The van der Waals surface area contributed by atoms with Gasteiger partial charge in [-0.3, -0.25) is 0 Å². The molecular formula is C14H18N2OS. The number of aromatic nitrogens is 1. The van der Waals surface area contributed by atoms with Crippen LogP contribution in [0.4, 0.5) is 0 Å². The third-order valence-corrected chi connectivity index (χ3v) is 3.75. The first kappa shape index (κ1) is 13.1. The molecular weight excluding hydrogens is 244 g/mol. The Morgan fingerprint density at radius 1 is 1.28 bits per heavy atom. The second-order valence-electron chi connectivity index (χ2n) is 4.29. The first-order valence-corrected chi connectivity index (χ1v) is 6.78. The number of nitrogens with one attached hydrogen (secondary N) is 1. The molecule has 96 valence electrons. The van der Waals surface area contributed by atoms with Crippen molar-refractivity contribution in [3.63, 3.8) is 0 Å². The minimum Gasteiger partial charge on any atom is -0.496 e. The highest BCUT2D eigenvalue weighted by Crippen LogP contribution is 2.30. The molecule has 1 aromatic heterocycles. The number of thiazole rings is 1. The van der Waals surface area contributed by atoms with Crippen LogP contribution in [0.15, 0.2) is 17.5 Å². The monoisotopic (exact) mass is 262 g/mol. The lowest BCUT2D eigenvalue weighted by molar-refractivity contribution is 0.411. The summed E-state index contributed by atoms with van der Waals surface area (Å²) in [5.41, 5.74) is 4.57. The van der Waals surface area contributed by atoms with Gasteiger partial charge in [-0.25, -0.2) is 4.98 Å². The van der Waals surface area contributed by atoms with Gasteiger partial charge in [-0.2, -0.15) is 0 Å². The normalized spacial score (nSPS) is 10.7. The van der Waals surface area contributed by atoms with Crippen LogP contribution in [0, 0.1) is 13.8 Å². The quantitative estimate of drug-likeness (QED) is 0.919. The van der Waals surface area contributed by atoms with Crippen molar-refractivity contribution in [3.05, 3.63) is 33.6 Å². The van der Waals surface area contributed by atoms with E-state index in [2.05, 4.69) is 41.7 Å². The van der Waals surface area contributed by atoms with Crippen molar-refractivity contribution in [1.29, 1.82) is 0 Å². The molecule has 2 aromatic rings. The molecule has 0 saturated heterocycles. The maximum Gasteiger partial charge on any atom is 0.122 e. The summed E-state index contributed by atoms with van der Waals surface area (Å²) in [6, 6.07) is 4.22. The Bertz CT molecular complexity index is 549. The fourth-order valence-electron chi connectivity index (χ4n) is 1.95. The standard InChI is InChI=1S/C14H18N2OS/c1-9-6-13(17-4)10(2)5-11(9)12-8-18-14(16-12)7-15-3/h5-6,8,15H,7H2,1-4H3. The average molecular weight is 262 g/mol. The van der Waals surface area contributed by atoms with E-state index in [1.54, 1.807) is 18.4 Å². The Labute approximate surface area is 112 Å². The highest BCUT2D eigenvalue weighted by atomic mass is 32.1. The van der Waals surface area contributed by atoms with E-state index >= 15 is 0 Å². The molecule has 0 unspecified atom stereocenters. The van der Waals surface area contributed by atoms with Crippen LogP contribution in [-0.4, -0.2) is 19.1 Å². The summed E-state index contributed by atoms with van der Waals surface area (Å²) in [6.07, 6.45) is 0. The van der Waals surface area contributed by atoms with Crippen LogP contribution in [0.5, 0.6) is 5.75 Å². The second-order valence-corrected chi connectivity index (χ2v) is 5.24. The van der Waals surface area contributed by atoms with Crippen LogP contribution in [0.2, 0.25) is 0 Å². The molecule has 0 fully saturated rings. The van der Waals surface area contributed by atoms with Gasteiger partial charge in [0.2, 0.25) is 0 Å². The lowest BCUT2D eigenvalue weighted by atomic mass is 10.0. The highest BCUT2D eigenvalue weighted by Gasteiger charge is 2.10. The van der Waals surface area contributed by atoms with Gasteiger partial charge in [0.25, 0.3) is 0 Å². The number of ether oxygens (including phenoxy) is 1. The van der Waals surface area contributed by atoms with E-state index in [0.717, 1.165) is 28.6 Å². The smallest absolute Gasteiger partial charge is 0.122 e. The number of methoxy groups -OCH3 is 1. The topological polar surface area (TPSA) is 34.2 Å². The molecule has 0 bridgehead atoms. The van der Waals surface area contributed by atoms with Crippen LogP contribution in [0.1, 0.15) is 16.1 Å². The molecule has 0 amide bonds. The van der Waals surface area contributed by atoms with Crippen molar-refractivity contribution in [3.8, 4) is 17.0 Å². The first-order chi connectivity index (χ1) is 8.65. The van der Waals surface area contributed by atoms with Gasteiger partial charge >= 0.3 is 0 Å². The number of benzene rings is 1. The Kier molecular flexibility index (Phi) is 3.99. The number of rotatable bonds is 4. The van der Waals surface area contributed by atoms with Gasteiger partial charge in [-0.1, -0.05) is 0 Å². The molecule has 0 aliphatic heterocycles. The van der Waals surface area contributed by atoms with E-state index in [0.29, 0.717) is 0 Å². The zero-order chi connectivity index (χ0) is 13.1. The summed E-state index contributed by atoms with van der Waals surface area (Å²) >= 11 is 1.69. The van der Waals surface area contributed by atoms with Gasteiger partial charge in [-0.15, -0.1) is 11.3 Å². The van der Waals surface area contributed by atoms with E-state index in [1.165, 1.54) is 11.1 Å². The first-order valence-electron chi connectivity index (χ1n) is 5.90. The summed E-state index contributed by atoms with van der Waals surface area (Å²) in [5.74, 6) is 0.932. The van der Waals surface area contributed by atoms with Crippen molar-refractivity contribution >= 4 is 11.3 Å². The molecule has 4 heteroatoms. The zero-order valence-corrected chi connectivity index (χ0v) is 12.0. The summed E-state index contributed by atoms with van der Waals surface area (Å²) < 4.78 is 5.33. The Morgan fingerprint density at radius 2 is 2.06 bits per heavy atom. The van der Waals surface area contributed by atoms with Crippen molar-refractivity contribution in [2.75, 3.05) is 14.2 Å². The van der Waals surface area contributed by atoms with Gasteiger partial charge in [-0.05, 0) is 44.2 Å². The van der Waals surface area contributed by atoms with E-state index < -0.39 is 0 Å². The van der Waals surface area contributed by atoms with Gasteiger partial charge < -0.3 is 10.1 Å². The largest absolute Gasteiger partial charge is 0.496 e. The lowest BCUT2D eigenvalue weighted by Gasteiger charge is -2.09. The maximum absolute atomic E-state index is 5.33. The Morgan fingerprint density at radius 3 is 2.72 bits per heavy atom. The van der Waals surface area contributed by atoms with Crippen LogP contribution >= 0.6 is 11.3 Å². The summed E-state index contributed by atoms with van der Waals surface area (Å²) in [4.78, 5) is 4.64. The van der Waals surface area contributed by atoms with Gasteiger partial charge in [0.1, 0.15) is 10.8 Å². The highest BCUT2D eigenvalue weighted by molar-refractivity contribution is 7.09. The van der Waals surface area contributed by atoms with Crippen LogP contribution < -0.4 is 10.1 Å². The van der Waals surface area contributed by atoms with E-state index in [9.17, 15) is 0 Å². The van der Waals surface area contributed by atoms with Crippen LogP contribution in [-0.2, 0) is 6.54 Å². The lowest BCUT2D eigenvalue weighted by Crippen LogP contribution is -2.04. The predicted octanol–water partition coefficient (Wildman–Crippen LogP) is 3.15. The summed E-state index contributed by atoms with van der Waals surface area (Å²) in [5, 5.41) is 6.34. The van der Waals surface area contributed by atoms with Gasteiger partial charge in [0, 0.05) is 17.5 Å². The molecule has 2 rings (SSSR count). The van der Waals surface area contributed by atoms with Gasteiger partial charge in [0.15, 0.2) is 0 Å². The summed E-state index contributed by atoms with van der Waals surface area (Å²) in [6.45, 7) is 4.97. The van der Waals surface area contributed by atoms with Crippen molar-refractivity contribution in [2.45, 2.75) is 20.4 Å². The van der Waals surface area contributed by atoms with Crippen molar-refractivity contribution in [2.24, 2.45) is 0 Å².